The third-order valence-electron chi connectivity index (χ3n) is 3.41. The quantitative estimate of drug-likeness (QED) is 0.832. The summed E-state index contributed by atoms with van der Waals surface area (Å²) in [7, 11) is 0. The first-order valence-corrected chi connectivity index (χ1v) is 7.92. The van der Waals surface area contributed by atoms with Crippen LogP contribution in [0.2, 0.25) is 0 Å². The number of nitrogens with one attached hydrogen (secondary N) is 1. The van der Waals surface area contributed by atoms with Crippen LogP contribution in [0.5, 0.6) is 11.5 Å². The summed E-state index contributed by atoms with van der Waals surface area (Å²) in [5, 5.41) is 2.66. The molecule has 1 aliphatic rings. The summed E-state index contributed by atoms with van der Waals surface area (Å²) in [5.41, 5.74) is 0.466. The number of carbonyl (C=O) groups excluding carboxylic acids is 2. The Hall–Kier alpha value is -2.34. The zero-order valence-corrected chi connectivity index (χ0v) is 13.7. The Morgan fingerprint density at radius 3 is 2.26 bits per heavy atom. The van der Waals surface area contributed by atoms with Gasteiger partial charge in [0.1, 0.15) is 17.5 Å². The SMILES string of the molecule is O=C(NC1CCOC1=O)c1ccc(Oc2ccc(Br)cc2)cc1. The molecule has 2 aromatic rings. The first-order chi connectivity index (χ1) is 11.1. The molecule has 3 rings (SSSR count). The van der Waals surface area contributed by atoms with E-state index >= 15 is 0 Å². The van der Waals surface area contributed by atoms with Crippen molar-refractivity contribution < 1.29 is 19.1 Å². The summed E-state index contributed by atoms with van der Waals surface area (Å²) in [6, 6.07) is 13.6. The van der Waals surface area contributed by atoms with Gasteiger partial charge in [-0.2, -0.15) is 0 Å². The van der Waals surface area contributed by atoms with Gasteiger partial charge in [-0.3, -0.25) is 4.79 Å². The molecule has 1 aliphatic heterocycles. The van der Waals surface area contributed by atoms with Gasteiger partial charge in [-0.15, -0.1) is 0 Å². The number of amides is 1. The first kappa shape index (κ1) is 15.6. The summed E-state index contributed by atoms with van der Waals surface area (Å²) in [6.45, 7) is 0.351. The third kappa shape index (κ3) is 3.90. The molecule has 6 heteroatoms. The number of cyclic esters (lactones) is 1. The Morgan fingerprint density at radius 2 is 1.70 bits per heavy atom. The van der Waals surface area contributed by atoms with E-state index in [-0.39, 0.29) is 11.9 Å². The van der Waals surface area contributed by atoms with Gasteiger partial charge in [-0.1, -0.05) is 15.9 Å². The van der Waals surface area contributed by atoms with E-state index in [2.05, 4.69) is 21.2 Å². The van der Waals surface area contributed by atoms with Crippen molar-refractivity contribution in [2.45, 2.75) is 12.5 Å². The molecule has 0 aliphatic carbocycles. The lowest BCUT2D eigenvalue weighted by atomic mass is 10.1. The Balaban J connectivity index is 1.63. The molecule has 1 amide bonds. The van der Waals surface area contributed by atoms with Crippen LogP contribution in [-0.2, 0) is 9.53 Å². The molecule has 0 spiro atoms. The maximum Gasteiger partial charge on any atom is 0.328 e. The molecule has 2 aromatic carbocycles. The van der Waals surface area contributed by atoms with Gasteiger partial charge >= 0.3 is 5.97 Å². The summed E-state index contributed by atoms with van der Waals surface area (Å²) in [5.74, 6) is 0.654. The van der Waals surface area contributed by atoms with Crippen LogP contribution in [0.4, 0.5) is 0 Å². The average molecular weight is 376 g/mol. The monoisotopic (exact) mass is 375 g/mol. The second kappa shape index (κ2) is 6.83. The number of halogens is 1. The van der Waals surface area contributed by atoms with Gasteiger partial charge in [0.05, 0.1) is 6.61 Å². The lowest BCUT2D eigenvalue weighted by Crippen LogP contribution is -2.37. The van der Waals surface area contributed by atoms with Gasteiger partial charge in [0.15, 0.2) is 0 Å². The van der Waals surface area contributed by atoms with E-state index in [0.717, 1.165) is 4.47 Å². The van der Waals surface area contributed by atoms with E-state index in [1.54, 1.807) is 24.3 Å². The van der Waals surface area contributed by atoms with Gasteiger partial charge < -0.3 is 14.8 Å². The van der Waals surface area contributed by atoms with Crippen LogP contribution in [0.15, 0.2) is 53.0 Å². The van der Waals surface area contributed by atoms with Crippen molar-refractivity contribution in [3.05, 3.63) is 58.6 Å². The van der Waals surface area contributed by atoms with Crippen molar-refractivity contribution in [2.75, 3.05) is 6.61 Å². The minimum Gasteiger partial charge on any atom is -0.464 e. The van der Waals surface area contributed by atoms with E-state index in [9.17, 15) is 9.59 Å². The Labute approximate surface area is 141 Å². The van der Waals surface area contributed by atoms with Gasteiger partial charge in [-0.05, 0) is 48.5 Å². The van der Waals surface area contributed by atoms with Crippen LogP contribution < -0.4 is 10.1 Å². The fraction of sp³-hybridized carbons (Fsp3) is 0.176. The molecule has 1 saturated heterocycles. The highest BCUT2D eigenvalue weighted by atomic mass is 79.9. The predicted octanol–water partition coefficient (Wildman–Crippen LogP) is 3.29. The normalized spacial score (nSPS) is 16.7. The van der Waals surface area contributed by atoms with E-state index in [0.29, 0.717) is 30.1 Å². The van der Waals surface area contributed by atoms with Gasteiger partial charge in [-0.25, -0.2) is 4.79 Å². The Morgan fingerprint density at radius 1 is 1.09 bits per heavy atom. The zero-order chi connectivity index (χ0) is 16.2. The topological polar surface area (TPSA) is 64.6 Å². The maximum absolute atomic E-state index is 12.1. The zero-order valence-electron chi connectivity index (χ0n) is 12.1. The van der Waals surface area contributed by atoms with Crippen molar-refractivity contribution in [3.8, 4) is 11.5 Å². The van der Waals surface area contributed by atoms with Gasteiger partial charge in [0.25, 0.3) is 5.91 Å². The number of hydrogen-bond donors (Lipinski definition) is 1. The van der Waals surface area contributed by atoms with E-state index in [1.165, 1.54) is 0 Å². The molecule has 23 heavy (non-hydrogen) atoms. The van der Waals surface area contributed by atoms with Crippen LogP contribution in [0.1, 0.15) is 16.8 Å². The number of hydrogen-bond acceptors (Lipinski definition) is 4. The third-order valence-corrected chi connectivity index (χ3v) is 3.94. The van der Waals surface area contributed by atoms with Crippen molar-refractivity contribution in [2.24, 2.45) is 0 Å². The highest BCUT2D eigenvalue weighted by Gasteiger charge is 2.28. The molecule has 0 saturated carbocycles. The lowest BCUT2D eigenvalue weighted by Gasteiger charge is -2.10. The highest BCUT2D eigenvalue weighted by molar-refractivity contribution is 9.10. The number of esters is 1. The Bertz CT molecular complexity index is 712. The molecule has 1 N–H and O–H groups in total. The van der Waals surface area contributed by atoms with E-state index in [1.807, 2.05) is 24.3 Å². The van der Waals surface area contributed by atoms with Crippen LogP contribution in [0, 0.1) is 0 Å². The fourth-order valence-electron chi connectivity index (χ4n) is 2.18. The molecule has 1 atom stereocenters. The molecular weight excluding hydrogens is 362 g/mol. The summed E-state index contributed by atoms with van der Waals surface area (Å²) >= 11 is 3.36. The fourth-order valence-corrected chi connectivity index (χ4v) is 2.45. The molecule has 1 fully saturated rings. The maximum atomic E-state index is 12.1. The van der Waals surface area contributed by atoms with Crippen molar-refractivity contribution >= 4 is 27.8 Å². The second-order valence-electron chi connectivity index (χ2n) is 5.06. The summed E-state index contributed by atoms with van der Waals surface area (Å²) < 4.78 is 11.5. The number of ether oxygens (including phenoxy) is 2. The van der Waals surface area contributed by atoms with Gasteiger partial charge in [0, 0.05) is 16.5 Å². The number of rotatable bonds is 4. The molecule has 118 valence electrons. The van der Waals surface area contributed by atoms with Gasteiger partial charge in [0.2, 0.25) is 0 Å². The van der Waals surface area contributed by atoms with E-state index in [4.69, 9.17) is 9.47 Å². The first-order valence-electron chi connectivity index (χ1n) is 7.13. The molecule has 5 nitrogen and oxygen atoms in total. The smallest absolute Gasteiger partial charge is 0.328 e. The van der Waals surface area contributed by atoms with Crippen molar-refractivity contribution in [1.82, 2.24) is 5.32 Å². The van der Waals surface area contributed by atoms with Crippen LogP contribution >= 0.6 is 15.9 Å². The Kier molecular flexibility index (Phi) is 4.62. The standard InChI is InChI=1S/C17H14BrNO4/c18-12-3-7-14(8-4-12)23-13-5-1-11(2-6-13)16(20)19-15-9-10-22-17(15)21/h1-8,15H,9-10H2,(H,19,20). The largest absolute Gasteiger partial charge is 0.464 e. The molecule has 0 aromatic heterocycles. The van der Waals surface area contributed by atoms with Crippen LogP contribution in [0.25, 0.3) is 0 Å². The van der Waals surface area contributed by atoms with Crippen LogP contribution in [0.3, 0.4) is 0 Å². The highest BCUT2D eigenvalue weighted by Crippen LogP contribution is 2.23. The predicted molar refractivity (Wildman–Crippen MR) is 87.5 cm³/mol. The molecule has 1 unspecified atom stereocenters. The average Bonchev–Trinajstić information content (AvgIpc) is 2.95. The van der Waals surface area contributed by atoms with Crippen molar-refractivity contribution in [1.29, 1.82) is 0 Å². The second-order valence-corrected chi connectivity index (χ2v) is 5.98. The summed E-state index contributed by atoms with van der Waals surface area (Å²) in [6.07, 6.45) is 0.509. The molecule has 0 bridgehead atoms. The van der Waals surface area contributed by atoms with Crippen molar-refractivity contribution in [3.63, 3.8) is 0 Å². The minimum atomic E-state index is -0.554. The number of carbonyl (C=O) groups is 2. The van der Waals surface area contributed by atoms with Crippen LogP contribution in [-0.4, -0.2) is 24.5 Å². The molecule has 0 radical (unpaired) electrons. The summed E-state index contributed by atoms with van der Waals surface area (Å²) in [4.78, 5) is 23.5. The molecular formula is C17H14BrNO4. The molecule has 1 heterocycles. The lowest BCUT2D eigenvalue weighted by molar-refractivity contribution is -0.139. The minimum absolute atomic E-state index is 0.302. The van der Waals surface area contributed by atoms with E-state index < -0.39 is 6.04 Å². The number of benzene rings is 2.